The average Bonchev–Trinajstić information content (AvgIpc) is 2.65. The number of hydrogen-bond acceptors (Lipinski definition) is 4. The van der Waals surface area contributed by atoms with E-state index in [1.165, 1.54) is 17.2 Å². The zero-order valence-corrected chi connectivity index (χ0v) is 15.4. The van der Waals surface area contributed by atoms with Crippen molar-refractivity contribution in [3.8, 4) is 11.3 Å². The molecular formula is C21H26N4O2. The number of carbonyl (C=O) groups is 1. The molecule has 142 valence electrons. The molecule has 0 saturated heterocycles. The third-order valence-electron chi connectivity index (χ3n) is 5.93. The molecule has 2 atom stereocenters. The fourth-order valence-corrected chi connectivity index (χ4v) is 4.72. The number of nitrogens with one attached hydrogen (secondary N) is 1. The number of aromatic nitrogens is 2. The fourth-order valence-electron chi connectivity index (χ4n) is 4.72. The molecule has 2 aromatic rings. The van der Waals surface area contributed by atoms with Crippen molar-refractivity contribution in [3.63, 3.8) is 0 Å². The van der Waals surface area contributed by atoms with Gasteiger partial charge in [0.05, 0.1) is 5.69 Å². The van der Waals surface area contributed by atoms with E-state index in [4.69, 9.17) is 5.73 Å². The van der Waals surface area contributed by atoms with Crippen LogP contribution in [0.25, 0.3) is 11.3 Å². The molecule has 0 aliphatic heterocycles. The van der Waals surface area contributed by atoms with Crippen LogP contribution in [0.5, 0.6) is 0 Å². The Morgan fingerprint density at radius 2 is 1.81 bits per heavy atom. The molecule has 1 amide bonds. The highest BCUT2D eigenvalue weighted by molar-refractivity contribution is 5.76. The van der Waals surface area contributed by atoms with E-state index in [1.807, 2.05) is 30.3 Å². The van der Waals surface area contributed by atoms with Crippen LogP contribution in [0.15, 0.2) is 47.3 Å². The smallest absolute Gasteiger partial charge is 0.267 e. The van der Waals surface area contributed by atoms with E-state index in [1.54, 1.807) is 6.07 Å². The van der Waals surface area contributed by atoms with Crippen LogP contribution in [0.4, 0.5) is 0 Å². The number of rotatable bonds is 4. The molecule has 1 heterocycles. The molecule has 2 bridgehead atoms. The minimum atomic E-state index is -0.268. The lowest BCUT2D eigenvalue weighted by Crippen LogP contribution is -2.54. The second kappa shape index (κ2) is 7.64. The van der Waals surface area contributed by atoms with Crippen molar-refractivity contribution in [1.82, 2.24) is 15.1 Å². The molecule has 2 unspecified atom stereocenters. The zero-order chi connectivity index (χ0) is 18.8. The van der Waals surface area contributed by atoms with Crippen molar-refractivity contribution >= 4 is 5.91 Å². The second-order valence-electron chi connectivity index (χ2n) is 7.86. The van der Waals surface area contributed by atoms with Gasteiger partial charge in [0.15, 0.2) is 0 Å². The number of carbonyl (C=O) groups excluding carboxylic acids is 1. The van der Waals surface area contributed by atoms with Crippen LogP contribution in [0.1, 0.15) is 32.1 Å². The first-order valence-corrected chi connectivity index (χ1v) is 9.78. The topological polar surface area (TPSA) is 90.0 Å². The van der Waals surface area contributed by atoms with Crippen LogP contribution in [-0.2, 0) is 11.3 Å². The maximum atomic E-state index is 12.7. The fraction of sp³-hybridized carbons (Fsp3) is 0.476. The molecule has 1 aromatic heterocycles. The molecule has 2 aliphatic carbocycles. The number of fused-ring (bicyclic) bond motifs is 2. The third-order valence-corrected chi connectivity index (χ3v) is 5.93. The molecule has 6 heteroatoms. The van der Waals surface area contributed by atoms with Gasteiger partial charge >= 0.3 is 0 Å². The van der Waals surface area contributed by atoms with Gasteiger partial charge in [0.2, 0.25) is 5.91 Å². The van der Waals surface area contributed by atoms with E-state index in [2.05, 4.69) is 10.4 Å². The molecule has 4 rings (SSSR count). The largest absolute Gasteiger partial charge is 0.351 e. The highest BCUT2D eigenvalue weighted by Gasteiger charge is 2.39. The molecular weight excluding hydrogens is 340 g/mol. The maximum absolute atomic E-state index is 12.7. The van der Waals surface area contributed by atoms with Gasteiger partial charge in [-0.25, -0.2) is 4.68 Å². The Balaban J connectivity index is 1.48. The van der Waals surface area contributed by atoms with Crippen LogP contribution < -0.4 is 16.6 Å². The normalized spacial score (nSPS) is 27.1. The Kier molecular flexibility index (Phi) is 5.07. The van der Waals surface area contributed by atoms with Gasteiger partial charge < -0.3 is 11.1 Å². The lowest BCUT2D eigenvalue weighted by molar-refractivity contribution is -0.124. The Bertz CT molecular complexity index is 850. The quantitative estimate of drug-likeness (QED) is 0.865. The van der Waals surface area contributed by atoms with Gasteiger partial charge in [0, 0.05) is 23.7 Å². The Morgan fingerprint density at radius 3 is 2.52 bits per heavy atom. The predicted molar refractivity (Wildman–Crippen MR) is 104 cm³/mol. The minimum Gasteiger partial charge on any atom is -0.351 e. The number of nitrogens with two attached hydrogens (primary N) is 1. The van der Waals surface area contributed by atoms with Crippen LogP contribution in [0, 0.1) is 11.8 Å². The molecule has 6 nitrogen and oxygen atoms in total. The summed E-state index contributed by atoms with van der Waals surface area (Å²) < 4.78 is 1.25. The lowest BCUT2D eigenvalue weighted by atomic mass is 9.67. The van der Waals surface area contributed by atoms with Crippen LogP contribution >= 0.6 is 0 Å². The third kappa shape index (κ3) is 3.95. The van der Waals surface area contributed by atoms with E-state index in [-0.39, 0.29) is 30.1 Å². The van der Waals surface area contributed by atoms with Crippen LogP contribution in [0.2, 0.25) is 0 Å². The summed E-state index contributed by atoms with van der Waals surface area (Å²) >= 11 is 0. The van der Waals surface area contributed by atoms with Crippen LogP contribution in [0.3, 0.4) is 0 Å². The van der Waals surface area contributed by atoms with Gasteiger partial charge in [-0.3, -0.25) is 9.59 Å². The van der Waals surface area contributed by atoms with Crippen molar-refractivity contribution < 1.29 is 4.79 Å². The molecule has 1 aromatic carbocycles. The molecule has 0 radical (unpaired) electrons. The molecule has 2 fully saturated rings. The average molecular weight is 366 g/mol. The summed E-state index contributed by atoms with van der Waals surface area (Å²) in [5, 5.41) is 7.57. The molecule has 0 spiro atoms. The van der Waals surface area contributed by atoms with Crippen molar-refractivity contribution in [2.45, 2.75) is 50.7 Å². The van der Waals surface area contributed by atoms with Crippen molar-refractivity contribution in [1.29, 1.82) is 0 Å². The number of benzene rings is 1. The van der Waals surface area contributed by atoms with Crippen molar-refractivity contribution in [2.24, 2.45) is 17.6 Å². The zero-order valence-electron chi connectivity index (χ0n) is 15.4. The van der Waals surface area contributed by atoms with E-state index in [0.717, 1.165) is 31.2 Å². The van der Waals surface area contributed by atoms with Crippen molar-refractivity contribution in [2.75, 3.05) is 0 Å². The van der Waals surface area contributed by atoms with Gasteiger partial charge in [-0.2, -0.15) is 5.10 Å². The van der Waals surface area contributed by atoms with Crippen LogP contribution in [-0.4, -0.2) is 27.8 Å². The molecule has 2 aliphatic rings. The minimum absolute atomic E-state index is 0.0541. The number of amides is 1. The predicted octanol–water partition coefficient (Wildman–Crippen LogP) is 1.93. The summed E-state index contributed by atoms with van der Waals surface area (Å²) in [5.41, 5.74) is 7.50. The SMILES string of the molecule is NC1CC2CCCC(C1)C2NC(=O)Cn1nc(-c2ccccc2)ccc1=O. The van der Waals surface area contributed by atoms with E-state index < -0.39 is 0 Å². The molecule has 3 N–H and O–H groups in total. The summed E-state index contributed by atoms with van der Waals surface area (Å²) in [6, 6.07) is 13.2. The van der Waals surface area contributed by atoms with E-state index in [0.29, 0.717) is 17.5 Å². The Labute approximate surface area is 158 Å². The van der Waals surface area contributed by atoms with Gasteiger partial charge in [-0.1, -0.05) is 36.8 Å². The highest BCUT2D eigenvalue weighted by Crippen LogP contribution is 2.39. The van der Waals surface area contributed by atoms with E-state index in [9.17, 15) is 9.59 Å². The van der Waals surface area contributed by atoms with Gasteiger partial charge in [-0.15, -0.1) is 0 Å². The van der Waals surface area contributed by atoms with Gasteiger partial charge in [0.1, 0.15) is 6.54 Å². The summed E-state index contributed by atoms with van der Waals surface area (Å²) in [5.74, 6) is 0.765. The first-order chi connectivity index (χ1) is 13.1. The maximum Gasteiger partial charge on any atom is 0.267 e. The Hall–Kier alpha value is -2.47. The summed E-state index contributed by atoms with van der Waals surface area (Å²) in [6.45, 7) is -0.0541. The van der Waals surface area contributed by atoms with Gasteiger partial charge in [-0.05, 0) is 43.6 Å². The molecule has 27 heavy (non-hydrogen) atoms. The standard InChI is InChI=1S/C21H26N4O2/c22-17-11-15-7-4-8-16(12-17)21(15)23-19(26)13-25-20(27)10-9-18(24-25)14-5-2-1-3-6-14/h1-3,5-6,9-10,15-17,21H,4,7-8,11-13,22H2,(H,23,26). The summed E-state index contributed by atoms with van der Waals surface area (Å²) in [7, 11) is 0. The number of hydrogen-bond donors (Lipinski definition) is 2. The molecule has 2 saturated carbocycles. The van der Waals surface area contributed by atoms with E-state index >= 15 is 0 Å². The van der Waals surface area contributed by atoms with Gasteiger partial charge in [0.25, 0.3) is 5.56 Å². The van der Waals surface area contributed by atoms with Crippen molar-refractivity contribution in [3.05, 3.63) is 52.8 Å². The summed E-state index contributed by atoms with van der Waals surface area (Å²) in [6.07, 6.45) is 5.41. The summed E-state index contributed by atoms with van der Waals surface area (Å²) in [4.78, 5) is 24.8. The highest BCUT2D eigenvalue weighted by atomic mass is 16.2. The first-order valence-electron chi connectivity index (χ1n) is 9.78. The number of nitrogens with zero attached hydrogens (tertiary/aromatic N) is 2. The first kappa shape index (κ1) is 17.9. The second-order valence-corrected chi connectivity index (χ2v) is 7.86. The lowest BCUT2D eigenvalue weighted by Gasteiger charge is -2.45. The monoisotopic (exact) mass is 366 g/mol. The Morgan fingerprint density at radius 1 is 1.11 bits per heavy atom.